The lowest BCUT2D eigenvalue weighted by atomic mass is 9.77. The first-order chi connectivity index (χ1) is 14.8. The molecule has 0 unspecified atom stereocenters. The highest BCUT2D eigenvalue weighted by Crippen LogP contribution is 2.36. The van der Waals surface area contributed by atoms with E-state index in [4.69, 9.17) is 0 Å². The fourth-order valence-electron chi connectivity index (χ4n) is 3.68. The molecule has 1 aromatic heterocycles. The zero-order valence-corrected chi connectivity index (χ0v) is 18.9. The summed E-state index contributed by atoms with van der Waals surface area (Å²) < 4.78 is 0.611. The first-order valence-corrected chi connectivity index (χ1v) is 11.9. The minimum Gasteiger partial charge on any atom is -0.330 e. The molecule has 1 saturated heterocycles. The van der Waals surface area contributed by atoms with Crippen LogP contribution < -0.4 is 16.1 Å². The fourth-order valence-corrected chi connectivity index (χ4v) is 5.24. The topological polar surface area (TPSA) is 116 Å². The number of amides is 4. The quantitative estimate of drug-likeness (QED) is 0.448. The minimum atomic E-state index is -0.875. The third-order valence-electron chi connectivity index (χ3n) is 5.56. The number of carbonyl (C=O) groups excluding carboxylic acids is 3. The van der Waals surface area contributed by atoms with Crippen molar-refractivity contribution < 1.29 is 14.4 Å². The maximum absolute atomic E-state index is 12.8. The second kappa shape index (κ2) is 8.83. The number of imide groups is 1. The minimum absolute atomic E-state index is 0.0141. The molecule has 2 aliphatic rings. The molecule has 11 heteroatoms. The van der Waals surface area contributed by atoms with Crippen LogP contribution in [0.5, 0.6) is 0 Å². The molecule has 1 saturated carbocycles. The maximum Gasteiger partial charge on any atom is 0.344 e. The van der Waals surface area contributed by atoms with E-state index in [0.29, 0.717) is 28.2 Å². The van der Waals surface area contributed by atoms with Gasteiger partial charge in [-0.25, -0.2) is 4.79 Å². The van der Waals surface area contributed by atoms with Crippen LogP contribution in [-0.4, -0.2) is 44.3 Å². The van der Waals surface area contributed by atoms with Crippen molar-refractivity contribution >= 4 is 51.8 Å². The number of rotatable bonds is 6. The van der Waals surface area contributed by atoms with E-state index in [0.717, 1.165) is 23.5 Å². The van der Waals surface area contributed by atoms with Crippen molar-refractivity contribution in [3.8, 4) is 0 Å². The third kappa shape index (κ3) is 4.82. The number of nitrogens with one attached hydrogen (secondary N) is 3. The van der Waals surface area contributed by atoms with E-state index < -0.39 is 17.5 Å². The SMILES string of the molecule is Cc1ccc(Nc2nnc(SCC(=O)NN3C(=O)NC4(CCC(C)CC4)C3=O)s2)cc1. The molecule has 3 N–H and O–H groups in total. The van der Waals surface area contributed by atoms with Crippen LogP contribution in [0.4, 0.5) is 15.6 Å². The van der Waals surface area contributed by atoms with Gasteiger partial charge < -0.3 is 10.6 Å². The molecule has 164 valence electrons. The summed E-state index contributed by atoms with van der Waals surface area (Å²) in [6.45, 7) is 4.16. The van der Waals surface area contributed by atoms with Gasteiger partial charge in [0.25, 0.3) is 5.91 Å². The van der Waals surface area contributed by atoms with Gasteiger partial charge in [0.2, 0.25) is 11.0 Å². The molecule has 0 radical (unpaired) electrons. The standard InChI is InChI=1S/C20H24N6O3S2/c1-12-3-5-14(6-4-12)21-17-23-24-19(31-17)30-11-15(27)25-26-16(28)20(22-18(26)29)9-7-13(2)8-10-20/h3-6,13H,7-11H2,1-2H3,(H,21,23)(H,22,29)(H,25,27). The van der Waals surface area contributed by atoms with Gasteiger partial charge in [-0.3, -0.25) is 15.0 Å². The molecule has 1 aliphatic carbocycles. The summed E-state index contributed by atoms with van der Waals surface area (Å²) in [7, 11) is 0. The summed E-state index contributed by atoms with van der Waals surface area (Å²) >= 11 is 2.52. The number of anilines is 2. The zero-order chi connectivity index (χ0) is 22.0. The first-order valence-electron chi connectivity index (χ1n) is 10.1. The molecule has 9 nitrogen and oxygen atoms in total. The molecule has 31 heavy (non-hydrogen) atoms. The second-order valence-electron chi connectivity index (χ2n) is 8.02. The van der Waals surface area contributed by atoms with E-state index >= 15 is 0 Å². The Bertz CT molecular complexity index is 985. The molecule has 0 atom stereocenters. The number of aromatic nitrogens is 2. The number of hydrazine groups is 1. The van der Waals surface area contributed by atoms with Gasteiger partial charge in [0, 0.05) is 5.69 Å². The lowest BCUT2D eigenvalue weighted by Gasteiger charge is -2.33. The summed E-state index contributed by atoms with van der Waals surface area (Å²) in [5.41, 5.74) is 3.63. The van der Waals surface area contributed by atoms with Gasteiger partial charge >= 0.3 is 6.03 Å². The van der Waals surface area contributed by atoms with Crippen LogP contribution in [0.1, 0.15) is 38.2 Å². The Hall–Kier alpha value is -2.66. The van der Waals surface area contributed by atoms with Crippen molar-refractivity contribution in [1.29, 1.82) is 0 Å². The maximum atomic E-state index is 12.8. The molecule has 0 bridgehead atoms. The van der Waals surface area contributed by atoms with Crippen molar-refractivity contribution in [2.24, 2.45) is 5.92 Å². The van der Waals surface area contributed by atoms with Crippen LogP contribution in [0.2, 0.25) is 0 Å². The number of aryl methyl sites for hydroxylation is 1. The highest BCUT2D eigenvalue weighted by Gasteiger charge is 2.52. The normalized spacial score (nSPS) is 23.2. The van der Waals surface area contributed by atoms with Crippen LogP contribution in [0.25, 0.3) is 0 Å². The van der Waals surface area contributed by atoms with E-state index in [-0.39, 0.29) is 11.7 Å². The van der Waals surface area contributed by atoms with Gasteiger partial charge in [-0.1, -0.05) is 47.7 Å². The van der Waals surface area contributed by atoms with Gasteiger partial charge in [-0.15, -0.1) is 10.2 Å². The van der Waals surface area contributed by atoms with Crippen LogP contribution in [0.15, 0.2) is 28.6 Å². The van der Waals surface area contributed by atoms with E-state index in [2.05, 4.69) is 33.2 Å². The lowest BCUT2D eigenvalue weighted by Crippen LogP contribution is -2.51. The second-order valence-corrected chi connectivity index (χ2v) is 10.2. The summed E-state index contributed by atoms with van der Waals surface area (Å²) in [6.07, 6.45) is 2.95. The summed E-state index contributed by atoms with van der Waals surface area (Å²) in [5, 5.41) is 15.5. The first kappa shape index (κ1) is 21.6. The Labute approximate surface area is 188 Å². The number of benzene rings is 1. The zero-order valence-electron chi connectivity index (χ0n) is 17.3. The van der Waals surface area contributed by atoms with Gasteiger partial charge in [-0.05, 0) is 50.7 Å². The van der Waals surface area contributed by atoms with Crippen LogP contribution in [-0.2, 0) is 9.59 Å². The Morgan fingerprint density at radius 1 is 1.26 bits per heavy atom. The Balaban J connectivity index is 1.28. The van der Waals surface area contributed by atoms with E-state index in [9.17, 15) is 14.4 Å². The largest absolute Gasteiger partial charge is 0.344 e. The molecular formula is C20H24N6O3S2. The van der Waals surface area contributed by atoms with Gasteiger partial charge in [-0.2, -0.15) is 5.01 Å². The predicted molar refractivity (Wildman–Crippen MR) is 119 cm³/mol. The molecule has 1 spiro atoms. The smallest absolute Gasteiger partial charge is 0.330 e. The Morgan fingerprint density at radius 2 is 1.97 bits per heavy atom. The van der Waals surface area contributed by atoms with Crippen molar-refractivity contribution in [2.45, 2.75) is 49.4 Å². The highest BCUT2D eigenvalue weighted by molar-refractivity contribution is 8.01. The van der Waals surface area contributed by atoms with Gasteiger partial charge in [0.1, 0.15) is 5.54 Å². The molecule has 4 amide bonds. The average molecular weight is 461 g/mol. The summed E-state index contributed by atoms with van der Waals surface area (Å²) in [4.78, 5) is 37.4. The van der Waals surface area contributed by atoms with Crippen LogP contribution >= 0.6 is 23.1 Å². The lowest BCUT2D eigenvalue weighted by molar-refractivity contribution is -0.139. The predicted octanol–water partition coefficient (Wildman–Crippen LogP) is 3.21. The monoisotopic (exact) mass is 460 g/mol. The summed E-state index contributed by atoms with van der Waals surface area (Å²) in [6, 6.07) is 7.33. The van der Waals surface area contributed by atoms with Crippen LogP contribution in [0, 0.1) is 12.8 Å². The van der Waals surface area contributed by atoms with Gasteiger partial charge in [0.15, 0.2) is 4.34 Å². The molecule has 4 rings (SSSR count). The Kier molecular flexibility index (Phi) is 6.15. The molecular weight excluding hydrogens is 436 g/mol. The fraction of sp³-hybridized carbons (Fsp3) is 0.450. The number of carbonyl (C=O) groups is 3. The molecule has 1 aliphatic heterocycles. The Morgan fingerprint density at radius 3 is 2.68 bits per heavy atom. The molecule has 2 fully saturated rings. The number of hydrogen-bond donors (Lipinski definition) is 3. The van der Waals surface area contributed by atoms with Crippen molar-refractivity contribution in [3.63, 3.8) is 0 Å². The van der Waals surface area contributed by atoms with Crippen molar-refractivity contribution in [1.82, 2.24) is 25.9 Å². The average Bonchev–Trinajstić information content (AvgIpc) is 3.29. The van der Waals surface area contributed by atoms with E-state index in [1.54, 1.807) is 0 Å². The van der Waals surface area contributed by atoms with Gasteiger partial charge in [0.05, 0.1) is 5.75 Å². The van der Waals surface area contributed by atoms with E-state index in [1.165, 1.54) is 28.7 Å². The number of nitrogens with zero attached hydrogens (tertiary/aromatic N) is 3. The number of urea groups is 1. The van der Waals surface area contributed by atoms with E-state index in [1.807, 2.05) is 31.2 Å². The molecule has 1 aromatic carbocycles. The molecule has 2 aromatic rings. The number of hydrogen-bond acceptors (Lipinski definition) is 8. The van der Waals surface area contributed by atoms with Crippen molar-refractivity contribution in [3.05, 3.63) is 29.8 Å². The third-order valence-corrected chi connectivity index (χ3v) is 7.53. The molecule has 2 heterocycles. The van der Waals surface area contributed by atoms with Crippen LogP contribution in [0.3, 0.4) is 0 Å². The number of thioether (sulfide) groups is 1. The van der Waals surface area contributed by atoms with Crippen molar-refractivity contribution in [2.75, 3.05) is 11.1 Å². The highest BCUT2D eigenvalue weighted by atomic mass is 32.2. The summed E-state index contributed by atoms with van der Waals surface area (Å²) in [5.74, 6) is -0.269.